The van der Waals surface area contributed by atoms with Gasteiger partial charge < -0.3 is 0 Å². The summed E-state index contributed by atoms with van der Waals surface area (Å²) in [6, 6.07) is 5.67. The Morgan fingerprint density at radius 1 is 1.53 bits per heavy atom. The number of aryl methyl sites for hydroxylation is 1. The van der Waals surface area contributed by atoms with Gasteiger partial charge in [0.2, 0.25) is 0 Å². The Kier molecular flexibility index (Phi) is 2.50. The van der Waals surface area contributed by atoms with Crippen LogP contribution in [0.1, 0.15) is 12.8 Å². The SMILES string of the molecule is N#CCCCn1ncc2cccn2c1=O. The average molecular weight is 202 g/mol. The molecule has 5 nitrogen and oxygen atoms in total. The molecule has 0 unspecified atom stereocenters. The monoisotopic (exact) mass is 202 g/mol. The molecule has 0 amide bonds. The van der Waals surface area contributed by atoms with Gasteiger partial charge in [-0.1, -0.05) is 0 Å². The number of rotatable bonds is 3. The van der Waals surface area contributed by atoms with Crippen LogP contribution >= 0.6 is 0 Å². The molecule has 0 bridgehead atoms. The largest absolute Gasteiger partial charge is 0.349 e. The predicted molar refractivity (Wildman–Crippen MR) is 54.3 cm³/mol. The van der Waals surface area contributed by atoms with E-state index < -0.39 is 0 Å². The highest BCUT2D eigenvalue weighted by molar-refractivity contribution is 5.43. The van der Waals surface area contributed by atoms with E-state index in [0.717, 1.165) is 5.52 Å². The zero-order valence-electron chi connectivity index (χ0n) is 8.13. The Morgan fingerprint density at radius 3 is 3.20 bits per heavy atom. The maximum atomic E-state index is 11.8. The van der Waals surface area contributed by atoms with Crippen LogP contribution in [0.5, 0.6) is 0 Å². The van der Waals surface area contributed by atoms with E-state index in [1.54, 1.807) is 22.9 Å². The molecule has 0 aromatic carbocycles. The van der Waals surface area contributed by atoms with Gasteiger partial charge in [0.15, 0.2) is 0 Å². The number of aromatic nitrogens is 3. The van der Waals surface area contributed by atoms with E-state index in [9.17, 15) is 4.79 Å². The van der Waals surface area contributed by atoms with Crippen LogP contribution in [0.3, 0.4) is 0 Å². The van der Waals surface area contributed by atoms with Gasteiger partial charge in [-0.25, -0.2) is 9.48 Å². The normalized spacial score (nSPS) is 10.3. The van der Waals surface area contributed by atoms with Crippen molar-refractivity contribution in [1.29, 1.82) is 5.26 Å². The lowest BCUT2D eigenvalue weighted by Crippen LogP contribution is -2.28. The second-order valence-corrected chi connectivity index (χ2v) is 3.22. The topological polar surface area (TPSA) is 63.1 Å². The third kappa shape index (κ3) is 1.74. The van der Waals surface area contributed by atoms with Gasteiger partial charge in [0, 0.05) is 19.2 Å². The third-order valence-corrected chi connectivity index (χ3v) is 2.20. The molecule has 2 heterocycles. The molecule has 0 radical (unpaired) electrons. The van der Waals surface area contributed by atoms with Crippen LogP contribution in [0.4, 0.5) is 0 Å². The van der Waals surface area contributed by atoms with E-state index in [1.807, 2.05) is 12.1 Å². The Hall–Kier alpha value is -2.09. The molecule has 0 spiro atoms. The minimum Gasteiger partial charge on any atom is -0.267 e. The molecule has 0 atom stereocenters. The van der Waals surface area contributed by atoms with Crippen LogP contribution in [-0.2, 0) is 6.54 Å². The standard InChI is InChI=1S/C10H10N4O/c11-5-1-2-7-14-10(15)13-6-3-4-9(13)8-12-14/h3-4,6,8H,1-2,7H2. The van der Waals surface area contributed by atoms with E-state index in [2.05, 4.69) is 5.10 Å². The first-order valence-electron chi connectivity index (χ1n) is 4.73. The van der Waals surface area contributed by atoms with Crippen molar-refractivity contribution < 1.29 is 0 Å². The molecule has 2 rings (SSSR count). The molecule has 5 heteroatoms. The third-order valence-electron chi connectivity index (χ3n) is 2.20. The highest BCUT2D eigenvalue weighted by atomic mass is 16.2. The number of fused-ring (bicyclic) bond motifs is 1. The highest BCUT2D eigenvalue weighted by Gasteiger charge is 2.01. The molecular formula is C10H10N4O. The summed E-state index contributed by atoms with van der Waals surface area (Å²) < 4.78 is 2.92. The molecule has 15 heavy (non-hydrogen) atoms. The molecule has 0 aliphatic rings. The first kappa shape index (κ1) is 9.46. The maximum Gasteiger partial charge on any atom is 0.349 e. The van der Waals surface area contributed by atoms with Gasteiger partial charge in [0.05, 0.1) is 17.8 Å². The van der Waals surface area contributed by atoms with Gasteiger partial charge in [-0.15, -0.1) is 0 Å². The van der Waals surface area contributed by atoms with Crippen molar-refractivity contribution in [2.45, 2.75) is 19.4 Å². The molecule has 0 saturated heterocycles. The summed E-state index contributed by atoms with van der Waals surface area (Å²) in [6.07, 6.45) is 4.45. The average Bonchev–Trinajstić information content (AvgIpc) is 2.70. The Labute approximate surface area is 86.2 Å². The van der Waals surface area contributed by atoms with Crippen LogP contribution in [0.15, 0.2) is 29.3 Å². The van der Waals surface area contributed by atoms with E-state index in [0.29, 0.717) is 19.4 Å². The number of hydrogen-bond acceptors (Lipinski definition) is 3. The lowest BCUT2D eigenvalue weighted by Gasteiger charge is -2.02. The van der Waals surface area contributed by atoms with Gasteiger partial charge in [-0.2, -0.15) is 10.4 Å². The van der Waals surface area contributed by atoms with E-state index in [1.165, 1.54) is 4.68 Å². The summed E-state index contributed by atoms with van der Waals surface area (Å²) in [4.78, 5) is 11.8. The van der Waals surface area contributed by atoms with E-state index >= 15 is 0 Å². The minimum absolute atomic E-state index is 0.157. The Morgan fingerprint density at radius 2 is 2.40 bits per heavy atom. The van der Waals surface area contributed by atoms with Crippen molar-refractivity contribution in [2.24, 2.45) is 0 Å². The number of unbranched alkanes of at least 4 members (excludes halogenated alkanes) is 1. The fourth-order valence-corrected chi connectivity index (χ4v) is 1.44. The van der Waals surface area contributed by atoms with Crippen molar-refractivity contribution >= 4 is 5.52 Å². The van der Waals surface area contributed by atoms with Gasteiger partial charge in [-0.05, 0) is 18.6 Å². The van der Waals surface area contributed by atoms with Gasteiger partial charge in [0.1, 0.15) is 0 Å². The van der Waals surface area contributed by atoms with Crippen LogP contribution < -0.4 is 5.69 Å². The van der Waals surface area contributed by atoms with Crippen LogP contribution in [-0.4, -0.2) is 14.2 Å². The quantitative estimate of drug-likeness (QED) is 0.691. The van der Waals surface area contributed by atoms with Crippen molar-refractivity contribution in [3.05, 3.63) is 35.0 Å². The summed E-state index contributed by atoms with van der Waals surface area (Å²) in [7, 11) is 0. The molecule has 0 aliphatic heterocycles. The minimum atomic E-state index is -0.157. The molecular weight excluding hydrogens is 192 g/mol. The lowest BCUT2D eigenvalue weighted by molar-refractivity contribution is 0.534. The first-order chi connectivity index (χ1) is 7.33. The van der Waals surface area contributed by atoms with Crippen LogP contribution in [0, 0.1) is 11.3 Å². The zero-order valence-corrected chi connectivity index (χ0v) is 8.13. The summed E-state index contributed by atoms with van der Waals surface area (Å²) in [6.45, 7) is 0.487. The van der Waals surface area contributed by atoms with Crippen molar-refractivity contribution in [3.63, 3.8) is 0 Å². The van der Waals surface area contributed by atoms with E-state index in [4.69, 9.17) is 5.26 Å². The second kappa shape index (κ2) is 3.96. The summed E-state index contributed by atoms with van der Waals surface area (Å²) in [5.41, 5.74) is 0.631. The fraction of sp³-hybridized carbons (Fsp3) is 0.300. The van der Waals surface area contributed by atoms with Crippen molar-refractivity contribution in [3.8, 4) is 6.07 Å². The van der Waals surface area contributed by atoms with Crippen LogP contribution in [0.2, 0.25) is 0 Å². The predicted octanol–water partition coefficient (Wildman–Crippen LogP) is 0.800. The van der Waals surface area contributed by atoms with Crippen LogP contribution in [0.25, 0.3) is 5.52 Å². The number of nitrogens with zero attached hydrogens (tertiary/aromatic N) is 4. The number of nitriles is 1. The Bertz CT molecular complexity index is 561. The Balaban J connectivity index is 2.32. The zero-order chi connectivity index (χ0) is 10.7. The van der Waals surface area contributed by atoms with Gasteiger partial charge in [0.25, 0.3) is 0 Å². The molecule has 76 valence electrons. The smallest absolute Gasteiger partial charge is 0.267 e. The molecule has 0 fully saturated rings. The number of hydrogen-bond donors (Lipinski definition) is 0. The second-order valence-electron chi connectivity index (χ2n) is 3.22. The van der Waals surface area contributed by atoms with E-state index in [-0.39, 0.29) is 5.69 Å². The van der Waals surface area contributed by atoms with Gasteiger partial charge >= 0.3 is 5.69 Å². The maximum absolute atomic E-state index is 11.8. The molecule has 0 N–H and O–H groups in total. The fourth-order valence-electron chi connectivity index (χ4n) is 1.44. The summed E-state index contributed by atoms with van der Waals surface area (Å²) in [5.74, 6) is 0. The van der Waals surface area contributed by atoms with Crippen molar-refractivity contribution in [1.82, 2.24) is 14.2 Å². The molecule has 0 aliphatic carbocycles. The summed E-state index contributed by atoms with van der Waals surface area (Å²) in [5, 5.41) is 12.4. The highest BCUT2D eigenvalue weighted by Crippen LogP contribution is 1.97. The first-order valence-corrected chi connectivity index (χ1v) is 4.73. The molecule has 2 aromatic heterocycles. The molecule has 0 saturated carbocycles. The lowest BCUT2D eigenvalue weighted by atomic mass is 10.3. The van der Waals surface area contributed by atoms with Crippen molar-refractivity contribution in [2.75, 3.05) is 0 Å². The summed E-state index contributed by atoms with van der Waals surface area (Å²) >= 11 is 0. The van der Waals surface area contributed by atoms with Gasteiger partial charge in [-0.3, -0.25) is 4.40 Å². The molecule has 2 aromatic rings.